The molecule has 0 bridgehead atoms. The molecule has 2 amide bonds. The first-order chi connectivity index (χ1) is 12.3. The number of anilines is 1. The van der Waals surface area contributed by atoms with Crippen molar-refractivity contribution in [2.75, 3.05) is 26.1 Å². The number of halogens is 3. The molecule has 8 heteroatoms. The normalized spacial score (nSPS) is 11.1. The summed E-state index contributed by atoms with van der Waals surface area (Å²) in [4.78, 5) is 16.5. The van der Waals surface area contributed by atoms with E-state index < -0.39 is 17.8 Å². The lowest BCUT2D eigenvalue weighted by Crippen LogP contribution is -2.30. The van der Waals surface area contributed by atoms with Crippen LogP contribution in [0.1, 0.15) is 11.1 Å². The Morgan fingerprint density at radius 2 is 1.88 bits per heavy atom. The van der Waals surface area contributed by atoms with Gasteiger partial charge in [0.25, 0.3) is 0 Å². The molecule has 0 saturated carbocycles. The SMILES string of the molecule is CON(C)C(=O)Nc1cccc(OCCc2cccc(C(F)(F)F)c2)c1. The third kappa shape index (κ3) is 5.66. The van der Waals surface area contributed by atoms with E-state index >= 15 is 0 Å². The zero-order chi connectivity index (χ0) is 19.2. The van der Waals surface area contributed by atoms with Gasteiger partial charge < -0.3 is 10.1 Å². The quantitative estimate of drug-likeness (QED) is 0.771. The molecule has 0 spiro atoms. The predicted octanol–water partition coefficient (Wildman–Crippen LogP) is 4.35. The third-order valence-corrected chi connectivity index (χ3v) is 3.56. The van der Waals surface area contributed by atoms with Gasteiger partial charge in [-0.3, -0.25) is 4.84 Å². The van der Waals surface area contributed by atoms with E-state index in [4.69, 9.17) is 9.57 Å². The van der Waals surface area contributed by atoms with E-state index in [2.05, 4.69) is 5.32 Å². The van der Waals surface area contributed by atoms with Gasteiger partial charge in [0.05, 0.1) is 19.3 Å². The molecule has 2 rings (SSSR count). The number of urea groups is 1. The molecular formula is C18H19F3N2O3. The van der Waals surface area contributed by atoms with E-state index in [0.717, 1.165) is 17.2 Å². The summed E-state index contributed by atoms with van der Waals surface area (Å²) < 4.78 is 43.7. The molecule has 26 heavy (non-hydrogen) atoms. The number of hydrogen-bond donors (Lipinski definition) is 1. The van der Waals surface area contributed by atoms with E-state index in [-0.39, 0.29) is 6.61 Å². The Morgan fingerprint density at radius 3 is 2.58 bits per heavy atom. The number of benzene rings is 2. The molecule has 2 aromatic rings. The highest BCUT2D eigenvalue weighted by Gasteiger charge is 2.30. The second-order valence-electron chi connectivity index (χ2n) is 5.43. The van der Waals surface area contributed by atoms with E-state index in [1.807, 2.05) is 0 Å². The smallest absolute Gasteiger partial charge is 0.416 e. The fourth-order valence-corrected chi connectivity index (χ4v) is 2.14. The van der Waals surface area contributed by atoms with E-state index in [9.17, 15) is 18.0 Å². The number of nitrogens with zero attached hydrogens (tertiary/aromatic N) is 1. The summed E-state index contributed by atoms with van der Waals surface area (Å²) in [6, 6.07) is 11.4. The molecule has 0 fully saturated rings. The molecule has 140 valence electrons. The van der Waals surface area contributed by atoms with Gasteiger partial charge in [0, 0.05) is 25.2 Å². The van der Waals surface area contributed by atoms with Gasteiger partial charge >= 0.3 is 12.2 Å². The molecule has 0 radical (unpaired) electrons. The number of ether oxygens (including phenoxy) is 1. The molecule has 1 N–H and O–H groups in total. The van der Waals surface area contributed by atoms with Crippen molar-refractivity contribution in [3.63, 3.8) is 0 Å². The number of rotatable bonds is 6. The highest BCUT2D eigenvalue weighted by molar-refractivity contribution is 5.88. The second kappa shape index (κ2) is 8.57. The van der Waals surface area contributed by atoms with E-state index in [0.29, 0.717) is 23.4 Å². The van der Waals surface area contributed by atoms with E-state index in [1.165, 1.54) is 20.2 Å². The summed E-state index contributed by atoms with van der Waals surface area (Å²) in [5.74, 6) is 0.495. The number of hydroxylamine groups is 2. The number of alkyl halides is 3. The van der Waals surface area contributed by atoms with Crippen LogP contribution in [0.25, 0.3) is 0 Å². The Bertz CT molecular complexity index is 750. The third-order valence-electron chi connectivity index (χ3n) is 3.56. The summed E-state index contributed by atoms with van der Waals surface area (Å²) in [6.45, 7) is 0.205. The predicted molar refractivity (Wildman–Crippen MR) is 90.9 cm³/mol. The second-order valence-corrected chi connectivity index (χ2v) is 5.43. The van der Waals surface area contributed by atoms with Crippen molar-refractivity contribution in [1.29, 1.82) is 0 Å². The number of amides is 2. The molecule has 0 heterocycles. The molecule has 5 nitrogen and oxygen atoms in total. The highest BCUT2D eigenvalue weighted by atomic mass is 19.4. The van der Waals surface area contributed by atoms with Gasteiger partial charge in [-0.15, -0.1) is 0 Å². The van der Waals surface area contributed by atoms with Crippen molar-refractivity contribution >= 4 is 11.7 Å². The topological polar surface area (TPSA) is 50.8 Å². The Hall–Kier alpha value is -2.74. The lowest BCUT2D eigenvalue weighted by molar-refractivity contribution is -0.137. The molecular weight excluding hydrogens is 349 g/mol. The maximum Gasteiger partial charge on any atom is 0.416 e. The van der Waals surface area contributed by atoms with Crippen LogP contribution in [0.15, 0.2) is 48.5 Å². The van der Waals surface area contributed by atoms with Crippen LogP contribution in [0.2, 0.25) is 0 Å². The Kier molecular flexibility index (Phi) is 6.46. The Labute approximate surface area is 149 Å². The number of hydrogen-bond acceptors (Lipinski definition) is 3. The molecule has 0 atom stereocenters. The summed E-state index contributed by atoms with van der Waals surface area (Å²) in [6.07, 6.45) is -4.04. The van der Waals surface area contributed by atoms with Crippen LogP contribution in [0, 0.1) is 0 Å². The fourth-order valence-electron chi connectivity index (χ4n) is 2.14. The first kappa shape index (κ1) is 19.6. The average molecular weight is 368 g/mol. The average Bonchev–Trinajstić information content (AvgIpc) is 2.61. The van der Waals surface area contributed by atoms with Gasteiger partial charge in [0.1, 0.15) is 5.75 Å². The summed E-state index contributed by atoms with van der Waals surface area (Å²) in [5.41, 5.74) is 0.364. The monoisotopic (exact) mass is 368 g/mol. The van der Waals surface area contributed by atoms with Crippen LogP contribution in [-0.4, -0.2) is 31.9 Å². The lowest BCUT2D eigenvalue weighted by Gasteiger charge is -2.15. The van der Waals surface area contributed by atoms with Gasteiger partial charge in [-0.2, -0.15) is 13.2 Å². The lowest BCUT2D eigenvalue weighted by atomic mass is 10.1. The summed E-state index contributed by atoms with van der Waals surface area (Å²) in [7, 11) is 2.83. The largest absolute Gasteiger partial charge is 0.493 e. The van der Waals surface area contributed by atoms with Crippen molar-refractivity contribution in [1.82, 2.24) is 5.06 Å². The van der Waals surface area contributed by atoms with Crippen LogP contribution >= 0.6 is 0 Å². The van der Waals surface area contributed by atoms with E-state index in [1.54, 1.807) is 30.3 Å². The summed E-state index contributed by atoms with van der Waals surface area (Å²) in [5, 5.41) is 3.65. The highest BCUT2D eigenvalue weighted by Crippen LogP contribution is 2.29. The maximum atomic E-state index is 12.7. The van der Waals surface area contributed by atoms with Crippen LogP contribution < -0.4 is 10.1 Å². The van der Waals surface area contributed by atoms with Gasteiger partial charge in [-0.1, -0.05) is 24.3 Å². The van der Waals surface area contributed by atoms with Gasteiger partial charge in [0.15, 0.2) is 0 Å². The number of carbonyl (C=O) groups is 1. The van der Waals surface area contributed by atoms with Crippen LogP contribution in [0.4, 0.5) is 23.7 Å². The van der Waals surface area contributed by atoms with Crippen LogP contribution in [0.3, 0.4) is 0 Å². The molecule has 0 aliphatic rings. The molecule has 0 saturated heterocycles. The van der Waals surface area contributed by atoms with Gasteiger partial charge in [-0.05, 0) is 23.8 Å². The van der Waals surface area contributed by atoms with Crippen molar-refractivity contribution in [3.05, 3.63) is 59.7 Å². The number of carbonyl (C=O) groups excluding carboxylic acids is 1. The maximum absolute atomic E-state index is 12.7. The van der Waals surface area contributed by atoms with Crippen molar-refractivity contribution in [3.8, 4) is 5.75 Å². The zero-order valence-electron chi connectivity index (χ0n) is 14.3. The molecule has 0 aliphatic heterocycles. The van der Waals surface area contributed by atoms with Gasteiger partial charge in [0.2, 0.25) is 0 Å². The first-order valence-corrected chi connectivity index (χ1v) is 7.77. The minimum Gasteiger partial charge on any atom is -0.493 e. The van der Waals surface area contributed by atoms with Crippen molar-refractivity contribution in [2.45, 2.75) is 12.6 Å². The molecule has 0 unspecified atom stereocenters. The minimum absolute atomic E-state index is 0.205. The van der Waals surface area contributed by atoms with Crippen LogP contribution in [0.5, 0.6) is 5.75 Å². The summed E-state index contributed by atoms with van der Waals surface area (Å²) >= 11 is 0. The minimum atomic E-state index is -4.36. The Balaban J connectivity index is 1.92. The Morgan fingerprint density at radius 1 is 1.15 bits per heavy atom. The first-order valence-electron chi connectivity index (χ1n) is 7.77. The van der Waals surface area contributed by atoms with Crippen molar-refractivity contribution < 1.29 is 27.5 Å². The molecule has 0 aliphatic carbocycles. The van der Waals surface area contributed by atoms with Gasteiger partial charge in [-0.25, -0.2) is 9.86 Å². The van der Waals surface area contributed by atoms with Crippen LogP contribution in [-0.2, 0) is 17.4 Å². The fraction of sp³-hybridized carbons (Fsp3) is 0.278. The standard InChI is InChI=1S/C18H19F3N2O3/c1-23(25-2)17(24)22-15-7-4-8-16(12-15)26-10-9-13-5-3-6-14(11-13)18(19,20)21/h3-8,11-12H,9-10H2,1-2H3,(H,22,24). The zero-order valence-corrected chi connectivity index (χ0v) is 14.3. The molecule has 2 aromatic carbocycles. The van der Waals surface area contributed by atoms with Crippen molar-refractivity contribution in [2.24, 2.45) is 0 Å². The number of nitrogens with one attached hydrogen (secondary N) is 1. The molecule has 0 aromatic heterocycles.